The molecule has 0 aliphatic heterocycles. The highest BCUT2D eigenvalue weighted by Gasteiger charge is 2.14. The van der Waals surface area contributed by atoms with E-state index in [1.165, 1.54) is 17.4 Å². The van der Waals surface area contributed by atoms with Crippen molar-refractivity contribution in [3.8, 4) is 17.2 Å². The molecule has 2 aromatic carbocycles. The molecule has 1 amide bonds. The SMILES string of the molecule is N#CCCC(=O)CNC(=O)Cc1nc2c(F)cc(-c3ccccc3)cc2s1. The molecular formula is C20H16FN3O2S. The van der Waals surface area contributed by atoms with Gasteiger partial charge in [-0.15, -0.1) is 11.3 Å². The number of hydrogen-bond donors (Lipinski definition) is 1. The number of Topliss-reactive ketones (excluding diaryl/α,β-unsaturated/α-hetero) is 1. The number of aromatic nitrogens is 1. The predicted molar refractivity (Wildman–Crippen MR) is 102 cm³/mol. The maximum atomic E-state index is 14.4. The van der Waals surface area contributed by atoms with Crippen LogP contribution in [-0.2, 0) is 16.0 Å². The summed E-state index contributed by atoms with van der Waals surface area (Å²) in [7, 11) is 0. The Morgan fingerprint density at radius 3 is 2.70 bits per heavy atom. The molecule has 27 heavy (non-hydrogen) atoms. The molecule has 0 saturated carbocycles. The monoisotopic (exact) mass is 381 g/mol. The number of halogens is 1. The predicted octanol–water partition coefficient (Wildman–Crippen LogP) is 3.63. The molecule has 7 heteroatoms. The summed E-state index contributed by atoms with van der Waals surface area (Å²) in [4.78, 5) is 27.7. The molecule has 5 nitrogen and oxygen atoms in total. The number of benzene rings is 2. The van der Waals surface area contributed by atoms with Crippen molar-refractivity contribution in [3.63, 3.8) is 0 Å². The quantitative estimate of drug-likeness (QED) is 0.677. The van der Waals surface area contributed by atoms with Gasteiger partial charge in [0.05, 0.1) is 23.7 Å². The van der Waals surface area contributed by atoms with E-state index in [2.05, 4.69) is 10.3 Å². The van der Waals surface area contributed by atoms with Gasteiger partial charge < -0.3 is 5.32 Å². The van der Waals surface area contributed by atoms with Gasteiger partial charge in [-0.2, -0.15) is 5.26 Å². The maximum Gasteiger partial charge on any atom is 0.227 e. The normalized spacial score (nSPS) is 10.5. The fraction of sp³-hybridized carbons (Fsp3) is 0.200. The first-order valence-corrected chi connectivity index (χ1v) is 9.18. The zero-order valence-electron chi connectivity index (χ0n) is 14.4. The maximum absolute atomic E-state index is 14.4. The van der Waals surface area contributed by atoms with E-state index in [-0.39, 0.29) is 43.0 Å². The summed E-state index contributed by atoms with van der Waals surface area (Å²) in [6.45, 7) is -0.113. The first-order chi connectivity index (χ1) is 13.1. The van der Waals surface area contributed by atoms with Crippen LogP contribution in [0.15, 0.2) is 42.5 Å². The summed E-state index contributed by atoms with van der Waals surface area (Å²) in [6.07, 6.45) is 0.228. The molecule has 3 aromatic rings. The Bertz CT molecular complexity index is 1020. The molecule has 0 aliphatic carbocycles. The third-order valence-corrected chi connectivity index (χ3v) is 4.91. The number of nitrogens with zero attached hydrogens (tertiary/aromatic N) is 2. The Morgan fingerprint density at radius 2 is 1.96 bits per heavy atom. The number of hydrogen-bond acceptors (Lipinski definition) is 5. The number of fused-ring (bicyclic) bond motifs is 1. The zero-order valence-corrected chi connectivity index (χ0v) is 15.2. The molecule has 0 spiro atoms. The number of carbonyl (C=O) groups excluding carboxylic acids is 2. The van der Waals surface area contributed by atoms with E-state index in [1.54, 1.807) is 0 Å². The molecule has 1 N–H and O–H groups in total. The van der Waals surface area contributed by atoms with Crippen LogP contribution in [0, 0.1) is 17.1 Å². The number of amides is 1. The minimum absolute atomic E-state index is 0.0228. The summed E-state index contributed by atoms with van der Waals surface area (Å²) in [5.74, 6) is -0.989. The molecule has 0 atom stereocenters. The Labute approximate surface area is 159 Å². The van der Waals surface area contributed by atoms with Crippen LogP contribution in [0.2, 0.25) is 0 Å². The lowest BCUT2D eigenvalue weighted by molar-refractivity contribution is -0.124. The highest BCUT2D eigenvalue weighted by molar-refractivity contribution is 7.18. The van der Waals surface area contributed by atoms with Crippen molar-refractivity contribution in [2.75, 3.05) is 6.54 Å². The van der Waals surface area contributed by atoms with Crippen LogP contribution in [-0.4, -0.2) is 23.2 Å². The molecule has 3 rings (SSSR count). The first kappa shape index (κ1) is 18.7. The summed E-state index contributed by atoms with van der Waals surface area (Å²) < 4.78 is 15.1. The molecule has 1 heterocycles. The lowest BCUT2D eigenvalue weighted by atomic mass is 10.1. The molecule has 0 unspecified atom stereocenters. The lowest BCUT2D eigenvalue weighted by Gasteiger charge is -2.01. The molecule has 0 bridgehead atoms. The number of nitrogens with one attached hydrogen (secondary N) is 1. The van der Waals surface area contributed by atoms with Crippen molar-refractivity contribution < 1.29 is 14.0 Å². The molecule has 0 radical (unpaired) electrons. The number of rotatable bonds is 7. The van der Waals surface area contributed by atoms with Gasteiger partial charge in [0.1, 0.15) is 10.5 Å². The second kappa shape index (κ2) is 8.52. The van der Waals surface area contributed by atoms with E-state index in [9.17, 15) is 14.0 Å². The van der Waals surface area contributed by atoms with Crippen LogP contribution >= 0.6 is 11.3 Å². The van der Waals surface area contributed by atoms with Gasteiger partial charge in [-0.25, -0.2) is 9.37 Å². The van der Waals surface area contributed by atoms with Crippen molar-refractivity contribution in [3.05, 3.63) is 53.3 Å². The number of thiazole rings is 1. The summed E-state index contributed by atoms with van der Waals surface area (Å²) in [6, 6.07) is 14.7. The standard InChI is InChI=1S/C20H16FN3O2S/c21-16-9-14(13-5-2-1-3-6-13)10-17-20(16)24-19(27-17)11-18(26)23-12-15(25)7-4-8-22/h1-3,5-6,9-10H,4,7,11-12H2,(H,23,26). The van der Waals surface area contributed by atoms with E-state index in [1.807, 2.05) is 42.5 Å². The van der Waals surface area contributed by atoms with Gasteiger partial charge in [-0.3, -0.25) is 9.59 Å². The fourth-order valence-corrected chi connectivity index (χ4v) is 3.61. The third-order valence-electron chi connectivity index (χ3n) is 3.91. The van der Waals surface area contributed by atoms with Crippen LogP contribution in [0.4, 0.5) is 4.39 Å². The zero-order chi connectivity index (χ0) is 19.2. The summed E-state index contributed by atoms with van der Waals surface area (Å²) in [5.41, 5.74) is 1.90. The second-order valence-electron chi connectivity index (χ2n) is 5.93. The number of carbonyl (C=O) groups is 2. The molecule has 1 aromatic heterocycles. The first-order valence-electron chi connectivity index (χ1n) is 8.36. The average molecular weight is 381 g/mol. The van der Waals surface area contributed by atoms with Crippen molar-refractivity contribution in [2.45, 2.75) is 19.3 Å². The van der Waals surface area contributed by atoms with Gasteiger partial charge in [0, 0.05) is 12.8 Å². The Morgan fingerprint density at radius 1 is 1.19 bits per heavy atom. The van der Waals surface area contributed by atoms with Crippen LogP contribution < -0.4 is 5.32 Å². The molecule has 136 valence electrons. The van der Waals surface area contributed by atoms with Gasteiger partial charge in [0.25, 0.3) is 0 Å². The van der Waals surface area contributed by atoms with E-state index >= 15 is 0 Å². The Hall–Kier alpha value is -3.11. The van der Waals surface area contributed by atoms with Crippen LogP contribution in [0.5, 0.6) is 0 Å². The summed E-state index contributed by atoms with van der Waals surface area (Å²) in [5, 5.41) is 11.4. The molecular weight excluding hydrogens is 365 g/mol. The van der Waals surface area contributed by atoms with E-state index in [0.717, 1.165) is 11.1 Å². The van der Waals surface area contributed by atoms with Gasteiger partial charge in [0.15, 0.2) is 11.6 Å². The Balaban J connectivity index is 1.71. The van der Waals surface area contributed by atoms with Crippen molar-refractivity contribution in [2.24, 2.45) is 0 Å². The number of nitriles is 1. The molecule has 0 saturated heterocycles. The summed E-state index contributed by atoms with van der Waals surface area (Å²) >= 11 is 1.26. The van der Waals surface area contributed by atoms with E-state index in [0.29, 0.717) is 9.71 Å². The van der Waals surface area contributed by atoms with E-state index in [4.69, 9.17) is 5.26 Å². The van der Waals surface area contributed by atoms with Crippen molar-refractivity contribution >= 4 is 33.2 Å². The van der Waals surface area contributed by atoms with E-state index < -0.39 is 5.82 Å². The highest BCUT2D eigenvalue weighted by atomic mass is 32.1. The molecule has 0 aliphatic rings. The fourth-order valence-electron chi connectivity index (χ4n) is 2.59. The van der Waals surface area contributed by atoms with Crippen LogP contribution in [0.25, 0.3) is 21.3 Å². The van der Waals surface area contributed by atoms with Gasteiger partial charge in [-0.1, -0.05) is 30.3 Å². The second-order valence-corrected chi connectivity index (χ2v) is 7.04. The Kier molecular flexibility index (Phi) is 5.89. The van der Waals surface area contributed by atoms with Gasteiger partial charge in [0.2, 0.25) is 5.91 Å². The minimum atomic E-state index is -0.430. The van der Waals surface area contributed by atoms with Gasteiger partial charge >= 0.3 is 0 Å². The third kappa shape index (κ3) is 4.74. The highest BCUT2D eigenvalue weighted by Crippen LogP contribution is 2.30. The van der Waals surface area contributed by atoms with Crippen LogP contribution in [0.1, 0.15) is 17.8 Å². The number of ketones is 1. The molecule has 0 fully saturated rings. The lowest BCUT2D eigenvalue weighted by Crippen LogP contribution is -2.30. The largest absolute Gasteiger partial charge is 0.349 e. The van der Waals surface area contributed by atoms with Gasteiger partial charge in [-0.05, 0) is 23.3 Å². The van der Waals surface area contributed by atoms with Crippen molar-refractivity contribution in [1.82, 2.24) is 10.3 Å². The van der Waals surface area contributed by atoms with Crippen LogP contribution in [0.3, 0.4) is 0 Å². The van der Waals surface area contributed by atoms with Crippen molar-refractivity contribution in [1.29, 1.82) is 5.26 Å². The smallest absolute Gasteiger partial charge is 0.227 e. The topological polar surface area (TPSA) is 82.9 Å². The minimum Gasteiger partial charge on any atom is -0.349 e. The average Bonchev–Trinajstić information content (AvgIpc) is 3.08.